The van der Waals surface area contributed by atoms with Gasteiger partial charge in [-0.15, -0.1) is 0 Å². The van der Waals surface area contributed by atoms with Crippen molar-refractivity contribution < 1.29 is 9.53 Å². The molecule has 0 unspecified atom stereocenters. The molecule has 98 valence electrons. The van der Waals surface area contributed by atoms with Gasteiger partial charge in [0.15, 0.2) is 0 Å². The smallest absolute Gasteiger partial charge is 0.339 e. The van der Waals surface area contributed by atoms with Crippen LogP contribution in [0.2, 0.25) is 5.02 Å². The average molecular weight is 294 g/mol. The lowest BCUT2D eigenvalue weighted by Crippen LogP contribution is -2.05. The summed E-state index contributed by atoms with van der Waals surface area (Å²) in [5, 5.41) is 0.670. The third-order valence-corrected chi connectivity index (χ3v) is 4.00. The van der Waals surface area contributed by atoms with Crippen molar-refractivity contribution in [1.29, 1.82) is 0 Å². The average Bonchev–Trinajstić information content (AvgIpc) is 2.42. The van der Waals surface area contributed by atoms with Crippen molar-refractivity contribution in [2.45, 2.75) is 9.79 Å². The van der Waals surface area contributed by atoms with Crippen LogP contribution >= 0.6 is 23.4 Å². The van der Waals surface area contributed by atoms with Gasteiger partial charge in [-0.1, -0.05) is 35.5 Å². The van der Waals surface area contributed by atoms with E-state index in [0.29, 0.717) is 16.3 Å². The van der Waals surface area contributed by atoms with E-state index in [-0.39, 0.29) is 0 Å². The van der Waals surface area contributed by atoms with E-state index in [1.807, 2.05) is 30.3 Å². The minimum absolute atomic E-state index is 0.361. The molecule has 0 heterocycles. The van der Waals surface area contributed by atoms with Crippen LogP contribution in [-0.4, -0.2) is 13.1 Å². The van der Waals surface area contributed by atoms with Crippen molar-refractivity contribution in [3.8, 4) is 0 Å². The number of anilines is 1. The first-order chi connectivity index (χ1) is 9.11. The van der Waals surface area contributed by atoms with E-state index >= 15 is 0 Å². The Morgan fingerprint density at radius 3 is 2.68 bits per heavy atom. The summed E-state index contributed by atoms with van der Waals surface area (Å²) >= 11 is 7.57. The van der Waals surface area contributed by atoms with Crippen LogP contribution in [0.4, 0.5) is 5.69 Å². The van der Waals surface area contributed by atoms with Crippen molar-refractivity contribution >= 4 is 35.0 Å². The molecule has 0 atom stereocenters. The number of hydrogen-bond acceptors (Lipinski definition) is 4. The van der Waals surface area contributed by atoms with Gasteiger partial charge in [0.05, 0.1) is 17.7 Å². The Kier molecular flexibility index (Phi) is 4.35. The second-order valence-corrected chi connectivity index (χ2v) is 5.30. The molecule has 0 bridgehead atoms. The highest BCUT2D eigenvalue weighted by Crippen LogP contribution is 2.34. The van der Waals surface area contributed by atoms with Gasteiger partial charge in [-0.05, 0) is 30.3 Å². The predicted molar refractivity (Wildman–Crippen MR) is 77.8 cm³/mol. The lowest BCUT2D eigenvalue weighted by atomic mass is 10.2. The first-order valence-electron chi connectivity index (χ1n) is 5.52. The molecule has 2 N–H and O–H groups in total. The third kappa shape index (κ3) is 3.22. The predicted octanol–water partition coefficient (Wildman–Crippen LogP) is 3.86. The maximum Gasteiger partial charge on any atom is 0.339 e. The first-order valence-corrected chi connectivity index (χ1v) is 6.71. The van der Waals surface area contributed by atoms with Crippen LogP contribution in [0.25, 0.3) is 0 Å². The summed E-state index contributed by atoms with van der Waals surface area (Å²) in [7, 11) is 1.33. The molecule has 0 aliphatic heterocycles. The van der Waals surface area contributed by atoms with Crippen LogP contribution < -0.4 is 5.73 Å². The summed E-state index contributed by atoms with van der Waals surface area (Å²) in [4.78, 5) is 13.4. The Balaban J connectivity index is 2.32. The number of hydrogen-bond donors (Lipinski definition) is 1. The van der Waals surface area contributed by atoms with Gasteiger partial charge in [0, 0.05) is 15.5 Å². The maximum atomic E-state index is 11.6. The number of carbonyl (C=O) groups is 1. The quantitative estimate of drug-likeness (QED) is 0.689. The zero-order valence-corrected chi connectivity index (χ0v) is 11.8. The van der Waals surface area contributed by atoms with Crippen LogP contribution in [0, 0.1) is 0 Å². The standard InChI is InChI=1S/C14H12ClNO2S/c1-18-14(17)10-8-9(6-7-12(10)16)19-13-5-3-2-4-11(13)15/h2-8H,16H2,1H3. The highest BCUT2D eigenvalue weighted by Gasteiger charge is 2.11. The molecule has 0 amide bonds. The second kappa shape index (κ2) is 5.99. The van der Waals surface area contributed by atoms with Crippen LogP contribution in [0.5, 0.6) is 0 Å². The number of methoxy groups -OCH3 is 1. The van der Waals surface area contributed by atoms with E-state index in [2.05, 4.69) is 0 Å². The topological polar surface area (TPSA) is 52.3 Å². The Hall–Kier alpha value is -1.65. The number of nitrogens with two attached hydrogens (primary N) is 1. The van der Waals surface area contributed by atoms with Crippen molar-refractivity contribution in [2.75, 3.05) is 12.8 Å². The van der Waals surface area contributed by atoms with Gasteiger partial charge < -0.3 is 10.5 Å². The maximum absolute atomic E-state index is 11.6. The summed E-state index contributed by atoms with van der Waals surface area (Å²) < 4.78 is 4.69. The highest BCUT2D eigenvalue weighted by atomic mass is 35.5. The zero-order valence-electron chi connectivity index (χ0n) is 10.2. The summed E-state index contributed by atoms with van der Waals surface area (Å²) in [6, 6.07) is 12.8. The van der Waals surface area contributed by atoms with E-state index < -0.39 is 5.97 Å². The Morgan fingerprint density at radius 2 is 2.00 bits per heavy atom. The van der Waals surface area contributed by atoms with Gasteiger partial charge in [0.25, 0.3) is 0 Å². The molecule has 5 heteroatoms. The van der Waals surface area contributed by atoms with Gasteiger partial charge in [0.1, 0.15) is 0 Å². The summed E-state index contributed by atoms with van der Waals surface area (Å²) in [6.45, 7) is 0. The van der Waals surface area contributed by atoms with E-state index in [4.69, 9.17) is 22.1 Å². The molecule has 2 aromatic rings. The minimum Gasteiger partial charge on any atom is -0.465 e. The van der Waals surface area contributed by atoms with Crippen molar-refractivity contribution in [2.24, 2.45) is 0 Å². The van der Waals surface area contributed by atoms with Crippen LogP contribution in [0.3, 0.4) is 0 Å². The molecule has 3 nitrogen and oxygen atoms in total. The van der Waals surface area contributed by atoms with Gasteiger partial charge >= 0.3 is 5.97 Å². The van der Waals surface area contributed by atoms with Crippen molar-refractivity contribution in [1.82, 2.24) is 0 Å². The van der Waals surface area contributed by atoms with Gasteiger partial charge in [0.2, 0.25) is 0 Å². The summed E-state index contributed by atoms with van der Waals surface area (Å²) in [5.41, 5.74) is 6.51. The zero-order chi connectivity index (χ0) is 13.8. The molecular formula is C14H12ClNO2S. The minimum atomic E-state index is -0.445. The number of ether oxygens (including phenoxy) is 1. The SMILES string of the molecule is COC(=O)c1cc(Sc2ccccc2Cl)ccc1N. The number of halogens is 1. The molecular weight excluding hydrogens is 282 g/mol. The van der Waals surface area contributed by atoms with Crippen LogP contribution in [0.1, 0.15) is 10.4 Å². The molecule has 2 aromatic carbocycles. The third-order valence-electron chi connectivity index (χ3n) is 2.49. The number of benzene rings is 2. The summed E-state index contributed by atoms with van der Waals surface area (Å²) in [6.07, 6.45) is 0. The number of esters is 1. The van der Waals surface area contributed by atoms with Gasteiger partial charge in [-0.3, -0.25) is 0 Å². The number of rotatable bonds is 3. The molecule has 0 saturated heterocycles. The Labute approximate surface area is 120 Å². The first kappa shape index (κ1) is 13.8. The van der Waals surface area contributed by atoms with E-state index in [9.17, 15) is 4.79 Å². The number of carbonyl (C=O) groups excluding carboxylic acids is 1. The highest BCUT2D eigenvalue weighted by molar-refractivity contribution is 7.99. The Bertz CT molecular complexity index is 616. The molecule has 19 heavy (non-hydrogen) atoms. The molecule has 0 saturated carbocycles. The van der Waals surface area contributed by atoms with Crippen molar-refractivity contribution in [3.63, 3.8) is 0 Å². The van der Waals surface area contributed by atoms with Crippen molar-refractivity contribution in [3.05, 3.63) is 53.1 Å². The second-order valence-electron chi connectivity index (χ2n) is 3.77. The lowest BCUT2D eigenvalue weighted by molar-refractivity contribution is 0.0601. The van der Waals surface area contributed by atoms with E-state index in [1.165, 1.54) is 18.9 Å². The molecule has 0 radical (unpaired) electrons. The molecule has 0 spiro atoms. The fraction of sp³-hybridized carbons (Fsp3) is 0.0714. The van der Waals surface area contributed by atoms with Gasteiger partial charge in [-0.2, -0.15) is 0 Å². The molecule has 2 rings (SSSR count). The number of nitrogen functional groups attached to an aromatic ring is 1. The van der Waals surface area contributed by atoms with Crippen LogP contribution in [-0.2, 0) is 4.74 Å². The van der Waals surface area contributed by atoms with Crippen LogP contribution in [0.15, 0.2) is 52.3 Å². The monoisotopic (exact) mass is 293 g/mol. The summed E-state index contributed by atoms with van der Waals surface area (Å²) in [5.74, 6) is -0.445. The molecule has 0 aliphatic carbocycles. The lowest BCUT2D eigenvalue weighted by Gasteiger charge is -2.07. The molecule has 0 aromatic heterocycles. The Morgan fingerprint density at radius 1 is 1.26 bits per heavy atom. The van der Waals surface area contributed by atoms with E-state index in [0.717, 1.165) is 9.79 Å². The largest absolute Gasteiger partial charge is 0.465 e. The fourth-order valence-corrected chi connectivity index (χ4v) is 2.67. The normalized spacial score (nSPS) is 10.2. The fourth-order valence-electron chi connectivity index (χ4n) is 1.54. The van der Waals surface area contributed by atoms with Gasteiger partial charge in [-0.25, -0.2) is 4.79 Å². The molecule has 0 fully saturated rings. The molecule has 0 aliphatic rings. The van der Waals surface area contributed by atoms with E-state index in [1.54, 1.807) is 12.1 Å².